The SMILES string of the molecule is COc1ccc(C(C=O)=Cc2ccccc2)cc1OCc1ccccc1. The van der Waals surface area contributed by atoms with Gasteiger partial charge in [0.2, 0.25) is 0 Å². The monoisotopic (exact) mass is 344 g/mol. The number of allylic oxidation sites excluding steroid dienone is 1. The van der Waals surface area contributed by atoms with E-state index in [9.17, 15) is 4.79 Å². The van der Waals surface area contributed by atoms with E-state index in [4.69, 9.17) is 9.47 Å². The van der Waals surface area contributed by atoms with Crippen molar-refractivity contribution in [3.8, 4) is 11.5 Å². The third-order valence-corrected chi connectivity index (χ3v) is 3.98. The van der Waals surface area contributed by atoms with Crippen LogP contribution in [0.1, 0.15) is 16.7 Å². The number of hydrogen-bond acceptors (Lipinski definition) is 3. The van der Waals surface area contributed by atoms with E-state index < -0.39 is 0 Å². The fourth-order valence-electron chi connectivity index (χ4n) is 2.62. The van der Waals surface area contributed by atoms with E-state index in [-0.39, 0.29) is 0 Å². The van der Waals surface area contributed by atoms with E-state index in [1.165, 1.54) is 0 Å². The summed E-state index contributed by atoms with van der Waals surface area (Å²) in [6.07, 6.45) is 2.71. The Bertz CT molecular complexity index is 884. The van der Waals surface area contributed by atoms with Crippen LogP contribution in [0.5, 0.6) is 11.5 Å². The first kappa shape index (κ1) is 17.5. The summed E-state index contributed by atoms with van der Waals surface area (Å²) in [4.78, 5) is 11.6. The lowest BCUT2D eigenvalue weighted by Gasteiger charge is -2.12. The van der Waals surface area contributed by atoms with Crippen molar-refractivity contribution in [1.82, 2.24) is 0 Å². The minimum atomic E-state index is 0.430. The molecule has 3 nitrogen and oxygen atoms in total. The van der Waals surface area contributed by atoms with Crippen molar-refractivity contribution in [2.75, 3.05) is 7.11 Å². The van der Waals surface area contributed by atoms with Crippen molar-refractivity contribution < 1.29 is 14.3 Å². The maximum atomic E-state index is 11.6. The zero-order valence-electron chi connectivity index (χ0n) is 14.6. The van der Waals surface area contributed by atoms with Gasteiger partial charge in [-0.05, 0) is 34.9 Å². The molecular formula is C23H20O3. The van der Waals surface area contributed by atoms with Gasteiger partial charge in [-0.3, -0.25) is 4.79 Å². The number of aldehydes is 1. The Morgan fingerprint density at radius 1 is 0.885 bits per heavy atom. The number of methoxy groups -OCH3 is 1. The lowest BCUT2D eigenvalue weighted by atomic mass is 10.0. The minimum Gasteiger partial charge on any atom is -0.493 e. The molecule has 3 heteroatoms. The normalized spacial score (nSPS) is 11.0. The van der Waals surface area contributed by atoms with Crippen molar-refractivity contribution in [1.29, 1.82) is 0 Å². The van der Waals surface area contributed by atoms with E-state index in [2.05, 4.69) is 0 Å². The molecule has 0 N–H and O–H groups in total. The molecule has 0 aliphatic heterocycles. The van der Waals surface area contributed by atoms with E-state index in [1.807, 2.05) is 84.9 Å². The van der Waals surface area contributed by atoms with Gasteiger partial charge in [0.05, 0.1) is 7.11 Å². The molecule has 26 heavy (non-hydrogen) atoms. The van der Waals surface area contributed by atoms with Crippen LogP contribution in [-0.4, -0.2) is 13.4 Å². The Kier molecular flexibility index (Phi) is 5.84. The molecule has 0 aliphatic carbocycles. The second-order valence-corrected chi connectivity index (χ2v) is 5.77. The first-order valence-electron chi connectivity index (χ1n) is 8.37. The minimum absolute atomic E-state index is 0.430. The Balaban J connectivity index is 1.88. The number of ether oxygens (including phenoxy) is 2. The lowest BCUT2D eigenvalue weighted by Crippen LogP contribution is -1.98. The Labute approximate surface area is 153 Å². The smallest absolute Gasteiger partial charge is 0.162 e. The van der Waals surface area contributed by atoms with Crippen molar-refractivity contribution in [3.63, 3.8) is 0 Å². The van der Waals surface area contributed by atoms with Gasteiger partial charge in [-0.25, -0.2) is 0 Å². The summed E-state index contributed by atoms with van der Waals surface area (Å²) in [5.41, 5.74) is 3.41. The topological polar surface area (TPSA) is 35.5 Å². The zero-order chi connectivity index (χ0) is 18.2. The van der Waals surface area contributed by atoms with Crippen molar-refractivity contribution in [2.45, 2.75) is 6.61 Å². The predicted octanol–water partition coefficient (Wildman–Crippen LogP) is 5.01. The number of carbonyl (C=O) groups is 1. The van der Waals surface area contributed by atoms with E-state index >= 15 is 0 Å². The molecule has 0 bridgehead atoms. The molecule has 0 saturated carbocycles. The summed E-state index contributed by atoms with van der Waals surface area (Å²) in [5.74, 6) is 1.24. The van der Waals surface area contributed by atoms with Crippen LogP contribution < -0.4 is 9.47 Å². The number of rotatable bonds is 7. The molecule has 0 fully saturated rings. The Morgan fingerprint density at radius 2 is 1.58 bits per heavy atom. The van der Waals surface area contributed by atoms with Crippen LogP contribution in [0.3, 0.4) is 0 Å². The van der Waals surface area contributed by atoms with Crippen molar-refractivity contribution in [3.05, 3.63) is 95.6 Å². The number of hydrogen-bond donors (Lipinski definition) is 0. The van der Waals surface area contributed by atoms with Gasteiger partial charge >= 0.3 is 0 Å². The zero-order valence-corrected chi connectivity index (χ0v) is 14.6. The van der Waals surface area contributed by atoms with E-state index in [0.29, 0.717) is 23.7 Å². The van der Waals surface area contributed by atoms with Crippen molar-refractivity contribution in [2.24, 2.45) is 0 Å². The molecule has 0 heterocycles. The highest BCUT2D eigenvalue weighted by Gasteiger charge is 2.09. The maximum Gasteiger partial charge on any atom is 0.162 e. The fourth-order valence-corrected chi connectivity index (χ4v) is 2.62. The first-order chi connectivity index (χ1) is 12.8. The number of benzene rings is 3. The van der Waals surface area contributed by atoms with Crippen LogP contribution in [0.15, 0.2) is 78.9 Å². The molecule has 3 aromatic carbocycles. The average Bonchev–Trinajstić information content (AvgIpc) is 2.72. The summed E-state index contributed by atoms with van der Waals surface area (Å²) in [5, 5.41) is 0. The average molecular weight is 344 g/mol. The quantitative estimate of drug-likeness (QED) is 0.343. The highest BCUT2D eigenvalue weighted by Crippen LogP contribution is 2.31. The van der Waals surface area contributed by atoms with Crippen LogP contribution in [-0.2, 0) is 11.4 Å². The molecule has 0 atom stereocenters. The van der Waals surface area contributed by atoms with Gasteiger partial charge in [0.25, 0.3) is 0 Å². The molecule has 130 valence electrons. The van der Waals surface area contributed by atoms with Crippen LogP contribution in [0, 0.1) is 0 Å². The summed E-state index contributed by atoms with van der Waals surface area (Å²) in [6, 6.07) is 25.2. The van der Waals surface area contributed by atoms with Crippen LogP contribution in [0.4, 0.5) is 0 Å². The van der Waals surface area contributed by atoms with Gasteiger partial charge in [0.15, 0.2) is 17.8 Å². The molecule has 0 radical (unpaired) electrons. The largest absolute Gasteiger partial charge is 0.493 e. The third-order valence-electron chi connectivity index (χ3n) is 3.98. The summed E-state index contributed by atoms with van der Waals surface area (Å²) in [7, 11) is 1.60. The third kappa shape index (κ3) is 4.39. The van der Waals surface area contributed by atoms with Gasteiger partial charge in [-0.1, -0.05) is 66.7 Å². The number of carbonyl (C=O) groups excluding carboxylic acids is 1. The molecule has 3 rings (SSSR count). The second-order valence-electron chi connectivity index (χ2n) is 5.77. The Morgan fingerprint density at radius 3 is 2.23 bits per heavy atom. The predicted molar refractivity (Wildman–Crippen MR) is 104 cm³/mol. The van der Waals surface area contributed by atoms with E-state index in [0.717, 1.165) is 23.0 Å². The first-order valence-corrected chi connectivity index (χ1v) is 8.37. The second kappa shape index (κ2) is 8.67. The molecule has 0 saturated heterocycles. The highest BCUT2D eigenvalue weighted by molar-refractivity contribution is 6.13. The molecule has 0 amide bonds. The molecule has 0 aromatic heterocycles. The molecule has 0 unspecified atom stereocenters. The lowest BCUT2D eigenvalue weighted by molar-refractivity contribution is -0.103. The van der Waals surface area contributed by atoms with Gasteiger partial charge in [0, 0.05) is 5.57 Å². The summed E-state index contributed by atoms with van der Waals surface area (Å²) >= 11 is 0. The maximum absolute atomic E-state index is 11.6. The Hall–Kier alpha value is -3.33. The van der Waals surface area contributed by atoms with Gasteiger partial charge in [0.1, 0.15) is 6.61 Å². The fraction of sp³-hybridized carbons (Fsp3) is 0.0870. The van der Waals surface area contributed by atoms with Crippen LogP contribution in [0.2, 0.25) is 0 Å². The molecular weight excluding hydrogens is 324 g/mol. The van der Waals surface area contributed by atoms with Gasteiger partial charge in [-0.15, -0.1) is 0 Å². The van der Waals surface area contributed by atoms with Crippen LogP contribution in [0.25, 0.3) is 11.6 Å². The van der Waals surface area contributed by atoms with Crippen molar-refractivity contribution >= 4 is 17.9 Å². The standard InChI is InChI=1S/C23H20O3/c1-25-22-13-12-20(21(16-24)14-18-8-4-2-5-9-18)15-23(22)26-17-19-10-6-3-7-11-19/h2-16H,17H2,1H3. The van der Waals surface area contributed by atoms with Gasteiger partial charge in [-0.2, -0.15) is 0 Å². The van der Waals surface area contributed by atoms with Gasteiger partial charge < -0.3 is 9.47 Å². The highest BCUT2D eigenvalue weighted by atomic mass is 16.5. The van der Waals surface area contributed by atoms with E-state index in [1.54, 1.807) is 7.11 Å². The molecule has 0 aliphatic rings. The molecule has 0 spiro atoms. The summed E-state index contributed by atoms with van der Waals surface area (Å²) in [6.45, 7) is 0.430. The molecule has 3 aromatic rings. The van der Waals surface area contributed by atoms with Crippen LogP contribution >= 0.6 is 0 Å². The summed E-state index contributed by atoms with van der Waals surface area (Å²) < 4.78 is 11.3.